The molecule has 7 nitrogen and oxygen atoms in total. The summed E-state index contributed by atoms with van der Waals surface area (Å²) < 4.78 is 32.1. The standard InChI is InChI=1S/C19H25N3O4S/c1-19(2,13-20)21-18(23)14-6-5-7-17(12-14)27(24,25)22(3)15-8-10-16(26-4)11-9-15/h5-12H,13,20H2,1-4H3,(H,21,23). The molecule has 0 saturated heterocycles. The molecule has 0 bridgehead atoms. The Labute approximate surface area is 160 Å². The molecule has 0 radical (unpaired) electrons. The van der Waals surface area contributed by atoms with Crippen LogP contribution in [0.3, 0.4) is 0 Å². The van der Waals surface area contributed by atoms with Crippen molar-refractivity contribution >= 4 is 21.6 Å². The molecular formula is C19H25N3O4S. The van der Waals surface area contributed by atoms with Crippen molar-refractivity contribution in [1.82, 2.24) is 5.32 Å². The second-order valence-electron chi connectivity index (χ2n) is 6.74. The van der Waals surface area contributed by atoms with Crippen LogP contribution in [0.5, 0.6) is 5.75 Å². The summed E-state index contributed by atoms with van der Waals surface area (Å²) in [6.07, 6.45) is 0. The number of benzene rings is 2. The summed E-state index contributed by atoms with van der Waals surface area (Å²) in [7, 11) is -0.830. The maximum atomic E-state index is 12.9. The van der Waals surface area contributed by atoms with Crippen LogP contribution in [0, 0.1) is 0 Å². The van der Waals surface area contributed by atoms with Crippen LogP contribution in [0.15, 0.2) is 53.4 Å². The van der Waals surface area contributed by atoms with Crippen LogP contribution in [-0.2, 0) is 10.0 Å². The fourth-order valence-electron chi connectivity index (χ4n) is 2.32. The molecule has 0 aliphatic heterocycles. The third-order valence-corrected chi connectivity index (χ3v) is 5.93. The third kappa shape index (κ3) is 4.78. The first-order valence-electron chi connectivity index (χ1n) is 8.36. The van der Waals surface area contributed by atoms with E-state index in [4.69, 9.17) is 10.5 Å². The maximum absolute atomic E-state index is 12.9. The van der Waals surface area contributed by atoms with Crippen LogP contribution in [0.1, 0.15) is 24.2 Å². The highest BCUT2D eigenvalue weighted by atomic mass is 32.2. The molecule has 8 heteroatoms. The number of carbonyl (C=O) groups is 1. The van der Waals surface area contributed by atoms with Gasteiger partial charge in [0.2, 0.25) is 0 Å². The van der Waals surface area contributed by atoms with Gasteiger partial charge in [-0.05, 0) is 56.3 Å². The van der Waals surface area contributed by atoms with Gasteiger partial charge >= 0.3 is 0 Å². The van der Waals surface area contributed by atoms with Gasteiger partial charge in [-0.2, -0.15) is 0 Å². The van der Waals surface area contributed by atoms with E-state index < -0.39 is 15.6 Å². The SMILES string of the molecule is COc1ccc(N(C)S(=O)(=O)c2cccc(C(=O)NC(C)(C)CN)c2)cc1. The van der Waals surface area contributed by atoms with Gasteiger partial charge in [-0.1, -0.05) is 6.07 Å². The number of amides is 1. The number of methoxy groups -OCH3 is 1. The predicted octanol–water partition coefficient (Wildman–Crippen LogP) is 1.99. The minimum absolute atomic E-state index is 0.0269. The highest BCUT2D eigenvalue weighted by Gasteiger charge is 2.24. The van der Waals surface area contributed by atoms with Gasteiger partial charge in [-0.3, -0.25) is 9.10 Å². The van der Waals surface area contributed by atoms with Crippen LogP contribution < -0.4 is 20.1 Å². The molecule has 1 amide bonds. The normalized spacial score (nSPS) is 11.7. The molecule has 2 aromatic rings. The number of sulfonamides is 1. The average molecular weight is 391 g/mol. The van der Waals surface area contributed by atoms with Gasteiger partial charge in [0.25, 0.3) is 15.9 Å². The van der Waals surface area contributed by atoms with Gasteiger partial charge in [0.15, 0.2) is 0 Å². The highest BCUT2D eigenvalue weighted by molar-refractivity contribution is 7.92. The lowest BCUT2D eigenvalue weighted by Gasteiger charge is -2.24. The molecule has 0 aliphatic carbocycles. The zero-order valence-corrected chi connectivity index (χ0v) is 16.7. The van der Waals surface area contributed by atoms with Gasteiger partial charge < -0.3 is 15.8 Å². The number of ether oxygens (including phenoxy) is 1. The maximum Gasteiger partial charge on any atom is 0.264 e. The topological polar surface area (TPSA) is 102 Å². The van der Waals surface area contributed by atoms with Crippen molar-refractivity contribution in [2.45, 2.75) is 24.3 Å². The summed E-state index contributed by atoms with van der Waals surface area (Å²) in [5, 5.41) is 2.79. The lowest BCUT2D eigenvalue weighted by atomic mass is 10.1. The third-order valence-electron chi connectivity index (χ3n) is 4.15. The molecule has 2 rings (SSSR count). The zero-order chi connectivity index (χ0) is 20.2. The first kappa shape index (κ1) is 20.7. The number of carbonyl (C=O) groups excluding carboxylic acids is 1. The number of nitrogens with two attached hydrogens (primary N) is 1. The van der Waals surface area contributed by atoms with Crippen LogP contribution in [-0.4, -0.2) is 40.6 Å². The van der Waals surface area contributed by atoms with Crippen molar-refractivity contribution in [3.8, 4) is 5.75 Å². The van der Waals surface area contributed by atoms with Crippen LogP contribution in [0.25, 0.3) is 0 Å². The van der Waals surface area contributed by atoms with Crippen molar-refractivity contribution in [2.75, 3.05) is 25.0 Å². The summed E-state index contributed by atoms with van der Waals surface area (Å²) in [6.45, 7) is 3.85. The number of hydrogen-bond acceptors (Lipinski definition) is 5. The molecule has 0 fully saturated rings. The molecule has 0 atom stereocenters. The molecule has 146 valence electrons. The first-order chi connectivity index (χ1) is 12.6. The number of nitrogens with one attached hydrogen (secondary N) is 1. The molecular weight excluding hydrogens is 366 g/mol. The van der Waals surface area contributed by atoms with E-state index in [0.29, 0.717) is 11.4 Å². The van der Waals surface area contributed by atoms with Crippen molar-refractivity contribution in [2.24, 2.45) is 5.73 Å². The number of nitrogens with zero attached hydrogens (tertiary/aromatic N) is 1. The summed E-state index contributed by atoms with van der Waals surface area (Å²) in [4.78, 5) is 12.4. The Morgan fingerprint density at radius 2 is 1.81 bits per heavy atom. The Morgan fingerprint density at radius 1 is 1.19 bits per heavy atom. The summed E-state index contributed by atoms with van der Waals surface area (Å²) >= 11 is 0. The number of hydrogen-bond donors (Lipinski definition) is 2. The van der Waals surface area contributed by atoms with Crippen LogP contribution >= 0.6 is 0 Å². The van der Waals surface area contributed by atoms with Gasteiger partial charge in [-0.25, -0.2) is 8.42 Å². The van der Waals surface area contributed by atoms with Crippen molar-refractivity contribution in [3.05, 3.63) is 54.1 Å². The average Bonchev–Trinajstić information content (AvgIpc) is 2.67. The van der Waals surface area contributed by atoms with Gasteiger partial charge in [0, 0.05) is 24.7 Å². The van der Waals surface area contributed by atoms with E-state index in [1.165, 1.54) is 26.3 Å². The van der Waals surface area contributed by atoms with Crippen LogP contribution in [0.4, 0.5) is 5.69 Å². The summed E-state index contributed by atoms with van der Waals surface area (Å²) in [5.41, 5.74) is 5.77. The second kappa shape index (κ2) is 7.98. The molecule has 0 aliphatic rings. The molecule has 0 spiro atoms. The number of rotatable bonds is 7. The monoisotopic (exact) mass is 391 g/mol. The zero-order valence-electron chi connectivity index (χ0n) is 15.9. The van der Waals surface area contributed by atoms with Crippen LogP contribution in [0.2, 0.25) is 0 Å². The van der Waals surface area contributed by atoms with E-state index in [-0.39, 0.29) is 22.9 Å². The van der Waals surface area contributed by atoms with Crippen molar-refractivity contribution < 1.29 is 17.9 Å². The lowest BCUT2D eigenvalue weighted by Crippen LogP contribution is -2.48. The predicted molar refractivity (Wildman–Crippen MR) is 106 cm³/mol. The Balaban J connectivity index is 2.31. The Bertz CT molecular complexity index is 909. The fraction of sp³-hybridized carbons (Fsp3) is 0.316. The number of anilines is 1. The van der Waals surface area contributed by atoms with Gasteiger partial charge in [-0.15, -0.1) is 0 Å². The molecule has 2 aromatic carbocycles. The molecule has 0 unspecified atom stereocenters. The Morgan fingerprint density at radius 3 is 2.37 bits per heavy atom. The Hall–Kier alpha value is -2.58. The van der Waals surface area contributed by atoms with Gasteiger partial charge in [0.1, 0.15) is 5.75 Å². The van der Waals surface area contributed by atoms with E-state index in [1.807, 2.05) is 0 Å². The summed E-state index contributed by atoms with van der Waals surface area (Å²) in [5.74, 6) is 0.250. The Kier molecular flexibility index (Phi) is 6.12. The van der Waals surface area contributed by atoms with Crippen molar-refractivity contribution in [3.63, 3.8) is 0 Å². The van der Waals surface area contributed by atoms with Crippen molar-refractivity contribution in [1.29, 1.82) is 0 Å². The quantitative estimate of drug-likeness (QED) is 0.751. The minimum atomic E-state index is -3.83. The van der Waals surface area contributed by atoms with E-state index in [9.17, 15) is 13.2 Å². The molecule has 0 heterocycles. The largest absolute Gasteiger partial charge is 0.497 e. The highest BCUT2D eigenvalue weighted by Crippen LogP contribution is 2.24. The van der Waals surface area contributed by atoms with E-state index in [0.717, 1.165) is 4.31 Å². The first-order valence-corrected chi connectivity index (χ1v) is 9.80. The van der Waals surface area contributed by atoms with E-state index in [2.05, 4.69) is 5.32 Å². The lowest BCUT2D eigenvalue weighted by molar-refractivity contribution is 0.0915. The fourth-order valence-corrected chi connectivity index (χ4v) is 3.56. The van der Waals surface area contributed by atoms with E-state index in [1.54, 1.807) is 50.2 Å². The minimum Gasteiger partial charge on any atom is -0.497 e. The second-order valence-corrected chi connectivity index (χ2v) is 8.71. The summed E-state index contributed by atoms with van der Waals surface area (Å²) in [6, 6.07) is 12.6. The molecule has 27 heavy (non-hydrogen) atoms. The molecule has 0 saturated carbocycles. The van der Waals surface area contributed by atoms with Gasteiger partial charge in [0.05, 0.1) is 17.7 Å². The molecule has 0 aromatic heterocycles. The smallest absolute Gasteiger partial charge is 0.264 e. The molecule has 3 N–H and O–H groups in total. The van der Waals surface area contributed by atoms with E-state index >= 15 is 0 Å².